The predicted molar refractivity (Wildman–Crippen MR) is 155 cm³/mol. The first kappa shape index (κ1) is 30.4. The second-order valence-electron chi connectivity index (χ2n) is 15.0. The van der Waals surface area contributed by atoms with Crippen molar-refractivity contribution in [3.63, 3.8) is 0 Å². The van der Waals surface area contributed by atoms with Crippen LogP contribution in [0.15, 0.2) is 0 Å². The minimum absolute atomic E-state index is 0.132. The number of carbonyl (C=O) groups is 2. The van der Waals surface area contributed by atoms with Gasteiger partial charge in [-0.2, -0.15) is 0 Å². The van der Waals surface area contributed by atoms with Crippen LogP contribution in [0.5, 0.6) is 0 Å². The van der Waals surface area contributed by atoms with E-state index in [1.54, 1.807) is 0 Å². The summed E-state index contributed by atoms with van der Waals surface area (Å²) in [5.74, 6) is 0. The van der Waals surface area contributed by atoms with Crippen molar-refractivity contribution in [3.05, 3.63) is 0 Å². The third-order valence-electron chi connectivity index (χ3n) is 9.54. The molecule has 0 radical (unpaired) electrons. The minimum atomic E-state index is -0.388. The van der Waals surface area contributed by atoms with Crippen LogP contribution in [0, 0.1) is 10.8 Å². The summed E-state index contributed by atoms with van der Waals surface area (Å²) in [4.78, 5) is 30.6. The molecule has 4 aliphatic heterocycles. The normalized spacial score (nSPS) is 25.6. The van der Waals surface area contributed by atoms with Gasteiger partial charge in [0.25, 0.3) is 0 Å². The van der Waals surface area contributed by atoms with Crippen LogP contribution in [0.25, 0.3) is 0 Å². The highest BCUT2D eigenvalue weighted by Crippen LogP contribution is 2.44. The van der Waals surface area contributed by atoms with E-state index in [1.165, 1.54) is 51.6 Å². The Balaban J connectivity index is 0.000000183. The third kappa shape index (κ3) is 8.97. The Hall–Kier alpha value is -1.54. The zero-order valence-electron chi connectivity index (χ0n) is 25.8. The van der Waals surface area contributed by atoms with Gasteiger partial charge in [-0.25, -0.2) is 9.59 Å². The molecular formula is C31H56N4O4. The molecule has 5 rings (SSSR count). The van der Waals surface area contributed by atoms with Gasteiger partial charge in [0, 0.05) is 32.2 Å². The molecule has 5 aliphatic rings. The van der Waals surface area contributed by atoms with Crippen molar-refractivity contribution in [2.75, 3.05) is 52.4 Å². The van der Waals surface area contributed by atoms with Crippen LogP contribution in [0.4, 0.5) is 9.59 Å². The highest BCUT2D eigenvalue weighted by molar-refractivity contribution is 5.68. The second kappa shape index (κ2) is 12.1. The Labute approximate surface area is 237 Å². The lowest BCUT2D eigenvalue weighted by atomic mass is 9.71. The standard InChI is InChI=1S/C17H30N2O2.C14H26N2O2/c1-16(2,3)21-15(20)19-12-8-17(9-13-19)6-10-18(11-7-17)14-4-5-14;1-13(2,3)18-12(17)16-10-6-14(7-11-16)4-8-15-9-5-14/h14H,4-13H2,1-3H3;15H,4-11H2,1-3H3. The molecule has 8 heteroatoms. The number of hydrogen-bond acceptors (Lipinski definition) is 6. The van der Waals surface area contributed by atoms with Gasteiger partial charge < -0.3 is 29.5 Å². The molecule has 0 bridgehead atoms. The van der Waals surface area contributed by atoms with Crippen LogP contribution in [-0.2, 0) is 9.47 Å². The number of nitrogens with one attached hydrogen (secondary N) is 1. The molecule has 224 valence electrons. The van der Waals surface area contributed by atoms with Crippen LogP contribution in [0.3, 0.4) is 0 Å². The summed E-state index contributed by atoms with van der Waals surface area (Å²) in [5.41, 5.74) is 0.219. The molecule has 0 unspecified atom stereocenters. The molecule has 0 atom stereocenters. The molecule has 0 aromatic rings. The Bertz CT molecular complexity index is 811. The largest absolute Gasteiger partial charge is 0.444 e. The fourth-order valence-corrected chi connectivity index (χ4v) is 6.74. The summed E-state index contributed by atoms with van der Waals surface area (Å²) in [6.45, 7) is 19.8. The second-order valence-corrected chi connectivity index (χ2v) is 15.0. The maximum Gasteiger partial charge on any atom is 0.410 e. The first-order valence-electron chi connectivity index (χ1n) is 15.7. The highest BCUT2D eigenvalue weighted by atomic mass is 16.6. The molecule has 2 amide bonds. The van der Waals surface area contributed by atoms with Crippen LogP contribution in [0.1, 0.15) is 106 Å². The average Bonchev–Trinajstić information content (AvgIpc) is 3.70. The van der Waals surface area contributed by atoms with E-state index >= 15 is 0 Å². The van der Waals surface area contributed by atoms with Gasteiger partial charge in [0.2, 0.25) is 0 Å². The van der Waals surface area contributed by atoms with Crippen molar-refractivity contribution in [1.82, 2.24) is 20.0 Å². The number of rotatable bonds is 1. The molecule has 0 aromatic carbocycles. The van der Waals surface area contributed by atoms with Crippen molar-refractivity contribution in [1.29, 1.82) is 0 Å². The van der Waals surface area contributed by atoms with Crippen molar-refractivity contribution >= 4 is 12.2 Å². The van der Waals surface area contributed by atoms with Gasteiger partial charge in [-0.15, -0.1) is 0 Å². The number of ether oxygens (including phenoxy) is 2. The zero-order valence-corrected chi connectivity index (χ0v) is 25.8. The molecule has 8 nitrogen and oxygen atoms in total. The van der Waals surface area contributed by atoms with Crippen LogP contribution in [-0.4, -0.2) is 96.5 Å². The van der Waals surface area contributed by atoms with E-state index in [0.717, 1.165) is 71.0 Å². The molecule has 39 heavy (non-hydrogen) atoms. The lowest BCUT2D eigenvalue weighted by Gasteiger charge is -2.47. The fraction of sp³-hybridized carbons (Fsp3) is 0.935. The van der Waals surface area contributed by atoms with Crippen LogP contribution >= 0.6 is 0 Å². The Kier molecular flexibility index (Phi) is 9.47. The fourth-order valence-electron chi connectivity index (χ4n) is 6.74. The number of carbonyl (C=O) groups excluding carboxylic acids is 2. The summed E-state index contributed by atoms with van der Waals surface area (Å²) < 4.78 is 10.9. The quantitative estimate of drug-likeness (QED) is 0.457. The van der Waals surface area contributed by atoms with Crippen molar-refractivity contribution < 1.29 is 19.1 Å². The zero-order chi connectivity index (χ0) is 28.3. The maximum absolute atomic E-state index is 12.1. The number of piperidine rings is 4. The van der Waals surface area contributed by atoms with Gasteiger partial charge >= 0.3 is 12.2 Å². The molecule has 5 fully saturated rings. The number of hydrogen-bond donors (Lipinski definition) is 1. The molecule has 4 saturated heterocycles. The number of nitrogens with zero attached hydrogens (tertiary/aromatic N) is 3. The summed E-state index contributed by atoms with van der Waals surface area (Å²) >= 11 is 0. The Morgan fingerprint density at radius 1 is 0.615 bits per heavy atom. The predicted octanol–water partition coefficient (Wildman–Crippen LogP) is 5.65. The number of amides is 2. The molecule has 0 aromatic heterocycles. The molecular weight excluding hydrogens is 492 g/mol. The first-order chi connectivity index (χ1) is 18.3. The number of likely N-dealkylation sites (tertiary alicyclic amines) is 3. The van der Waals surface area contributed by atoms with Gasteiger partial charge in [0.05, 0.1) is 0 Å². The van der Waals surface area contributed by atoms with Gasteiger partial charge in [-0.3, -0.25) is 0 Å². The summed E-state index contributed by atoms with van der Waals surface area (Å²) in [5, 5.41) is 3.42. The van der Waals surface area contributed by atoms with Crippen molar-refractivity contribution in [3.8, 4) is 0 Å². The average molecular weight is 549 g/mol. The van der Waals surface area contributed by atoms with Gasteiger partial charge in [-0.1, -0.05) is 0 Å². The molecule has 4 heterocycles. The molecule has 1 aliphatic carbocycles. The van der Waals surface area contributed by atoms with Gasteiger partial charge in [0.15, 0.2) is 0 Å². The SMILES string of the molecule is CC(C)(C)OC(=O)N1CCC2(CC1)CCN(C1CC1)CC2.CC(C)(C)OC(=O)N1CCC2(CCNCC2)CC1. The molecule has 1 N–H and O–H groups in total. The van der Waals surface area contributed by atoms with Crippen molar-refractivity contribution in [2.45, 2.75) is 123 Å². The lowest BCUT2D eigenvalue weighted by Crippen LogP contribution is -2.49. The summed E-state index contributed by atoms with van der Waals surface area (Å²) in [7, 11) is 0. The van der Waals surface area contributed by atoms with Crippen LogP contribution < -0.4 is 5.32 Å². The molecule has 2 spiro atoms. The van der Waals surface area contributed by atoms with E-state index in [2.05, 4.69) is 10.2 Å². The van der Waals surface area contributed by atoms with E-state index in [4.69, 9.17) is 9.47 Å². The van der Waals surface area contributed by atoms with E-state index in [1.807, 2.05) is 51.3 Å². The third-order valence-corrected chi connectivity index (χ3v) is 9.54. The Morgan fingerprint density at radius 3 is 1.33 bits per heavy atom. The maximum atomic E-state index is 12.1. The van der Waals surface area contributed by atoms with E-state index in [-0.39, 0.29) is 23.4 Å². The smallest absolute Gasteiger partial charge is 0.410 e. The monoisotopic (exact) mass is 548 g/mol. The first-order valence-corrected chi connectivity index (χ1v) is 15.7. The van der Waals surface area contributed by atoms with Gasteiger partial charge in [0.1, 0.15) is 11.2 Å². The van der Waals surface area contributed by atoms with E-state index in [9.17, 15) is 9.59 Å². The Morgan fingerprint density at radius 2 is 0.974 bits per heavy atom. The van der Waals surface area contributed by atoms with E-state index in [0.29, 0.717) is 10.8 Å². The van der Waals surface area contributed by atoms with Gasteiger partial charge in [-0.05, 0) is 143 Å². The topological polar surface area (TPSA) is 74.4 Å². The van der Waals surface area contributed by atoms with Crippen LogP contribution in [0.2, 0.25) is 0 Å². The van der Waals surface area contributed by atoms with Crippen molar-refractivity contribution in [2.24, 2.45) is 10.8 Å². The minimum Gasteiger partial charge on any atom is -0.444 e. The summed E-state index contributed by atoms with van der Waals surface area (Å²) in [6, 6.07) is 0.907. The highest BCUT2D eigenvalue weighted by Gasteiger charge is 2.42. The van der Waals surface area contributed by atoms with E-state index < -0.39 is 0 Å². The summed E-state index contributed by atoms with van der Waals surface area (Å²) in [6.07, 6.45) is 12.3. The lowest BCUT2D eigenvalue weighted by molar-refractivity contribution is -0.00319. The molecule has 1 saturated carbocycles.